The first-order valence-electron chi connectivity index (χ1n) is 4.23. The number of hydrogen-bond acceptors (Lipinski definition) is 4. The van der Waals surface area contributed by atoms with Crippen molar-refractivity contribution in [3.05, 3.63) is 0 Å². The molecule has 4 nitrogen and oxygen atoms in total. The van der Waals surface area contributed by atoms with Crippen LogP contribution in [0.5, 0.6) is 0 Å². The molecule has 1 unspecified atom stereocenters. The van der Waals surface area contributed by atoms with E-state index in [1.165, 1.54) is 0 Å². The van der Waals surface area contributed by atoms with Crippen molar-refractivity contribution < 1.29 is 4.79 Å². The minimum absolute atomic E-state index is 0.174. The van der Waals surface area contributed by atoms with Crippen molar-refractivity contribution in [3.63, 3.8) is 0 Å². The van der Waals surface area contributed by atoms with Crippen molar-refractivity contribution in [2.24, 2.45) is 5.73 Å². The lowest BCUT2D eigenvalue weighted by atomic mass is 10.2. The average molecular weight is 199 g/mol. The first-order valence-corrected chi connectivity index (χ1v) is 5.39. The largest absolute Gasteiger partial charge is 0.368 e. The topological polar surface area (TPSA) is 70.1 Å². The number of nitrogens with two attached hydrogens (primary N) is 1. The molecule has 0 aromatic carbocycles. The van der Waals surface area contributed by atoms with Gasteiger partial charge in [0.25, 0.3) is 0 Å². The first kappa shape index (κ1) is 10.4. The lowest BCUT2D eigenvalue weighted by Crippen LogP contribution is -2.50. The Kier molecular flexibility index (Phi) is 4.06. The van der Waals surface area contributed by atoms with E-state index in [1.807, 2.05) is 4.90 Å². The van der Waals surface area contributed by atoms with Gasteiger partial charge >= 0.3 is 0 Å². The molecule has 0 aliphatic carbocycles. The third kappa shape index (κ3) is 2.90. The van der Waals surface area contributed by atoms with Gasteiger partial charge in [0.05, 0.1) is 12.1 Å². The molecule has 1 fully saturated rings. The van der Waals surface area contributed by atoms with Gasteiger partial charge in [0.1, 0.15) is 0 Å². The van der Waals surface area contributed by atoms with Crippen molar-refractivity contribution >= 4 is 17.7 Å². The van der Waals surface area contributed by atoms with Gasteiger partial charge < -0.3 is 5.73 Å². The summed E-state index contributed by atoms with van der Waals surface area (Å²) >= 11 is 1.74. The number of primary amides is 1. The Hall–Kier alpha value is -0.730. The summed E-state index contributed by atoms with van der Waals surface area (Å²) in [5.41, 5.74) is 5.25. The van der Waals surface area contributed by atoms with Crippen LogP contribution < -0.4 is 5.73 Å². The minimum Gasteiger partial charge on any atom is -0.368 e. The van der Waals surface area contributed by atoms with E-state index in [-0.39, 0.29) is 11.9 Å². The second-order valence-corrected chi connectivity index (χ2v) is 4.09. The summed E-state index contributed by atoms with van der Waals surface area (Å²) in [5.74, 6) is 1.51. The molecular weight excluding hydrogens is 186 g/mol. The number of rotatable bonds is 3. The summed E-state index contributed by atoms with van der Waals surface area (Å²) in [6.07, 6.45) is 0.467. The number of nitrogens with zero attached hydrogens (tertiary/aromatic N) is 2. The number of carbonyl (C=O) groups is 1. The minimum atomic E-state index is -0.273. The standard InChI is InChI=1S/C8H13N3OS/c9-2-1-3-11-4-5-13-6-7(11)8(10)12/h7H,1,3-6H2,(H2,10,12). The predicted molar refractivity (Wildman–Crippen MR) is 52.1 cm³/mol. The van der Waals surface area contributed by atoms with E-state index in [4.69, 9.17) is 11.0 Å². The van der Waals surface area contributed by atoms with Crippen LogP contribution in [0.25, 0.3) is 0 Å². The maximum atomic E-state index is 11.0. The van der Waals surface area contributed by atoms with E-state index in [1.54, 1.807) is 11.8 Å². The van der Waals surface area contributed by atoms with Gasteiger partial charge in [-0.3, -0.25) is 9.69 Å². The molecule has 13 heavy (non-hydrogen) atoms. The first-order chi connectivity index (χ1) is 6.25. The van der Waals surface area contributed by atoms with Crippen LogP contribution in [-0.2, 0) is 4.79 Å². The van der Waals surface area contributed by atoms with Crippen molar-refractivity contribution in [3.8, 4) is 6.07 Å². The van der Waals surface area contributed by atoms with E-state index >= 15 is 0 Å². The van der Waals surface area contributed by atoms with Crippen LogP contribution >= 0.6 is 11.8 Å². The molecule has 2 N–H and O–H groups in total. The van der Waals surface area contributed by atoms with Gasteiger partial charge in [-0.1, -0.05) is 0 Å². The van der Waals surface area contributed by atoms with Crippen LogP contribution in [0.2, 0.25) is 0 Å². The number of hydrogen-bond donors (Lipinski definition) is 1. The van der Waals surface area contributed by atoms with E-state index < -0.39 is 0 Å². The van der Waals surface area contributed by atoms with Crippen molar-refractivity contribution in [2.75, 3.05) is 24.6 Å². The maximum Gasteiger partial charge on any atom is 0.235 e. The third-order valence-electron chi connectivity index (χ3n) is 2.08. The summed E-state index contributed by atoms with van der Waals surface area (Å²) in [7, 11) is 0. The molecule has 72 valence electrons. The van der Waals surface area contributed by atoms with Crippen molar-refractivity contribution in [1.82, 2.24) is 4.90 Å². The van der Waals surface area contributed by atoms with Gasteiger partial charge in [0, 0.05) is 31.0 Å². The number of nitriles is 1. The Balaban J connectivity index is 2.47. The normalized spacial score (nSPS) is 23.8. The fourth-order valence-electron chi connectivity index (χ4n) is 1.36. The van der Waals surface area contributed by atoms with Crippen LogP contribution in [0.1, 0.15) is 6.42 Å². The summed E-state index contributed by atoms with van der Waals surface area (Å²) in [5, 5.41) is 8.42. The maximum absolute atomic E-state index is 11.0. The second kappa shape index (κ2) is 5.10. The molecule has 1 saturated heterocycles. The SMILES string of the molecule is N#CCCN1CCSCC1C(N)=O. The number of amides is 1. The summed E-state index contributed by atoms with van der Waals surface area (Å²) in [4.78, 5) is 13.0. The Morgan fingerprint density at radius 3 is 3.15 bits per heavy atom. The lowest BCUT2D eigenvalue weighted by Gasteiger charge is -2.32. The Bertz CT molecular complexity index is 226. The van der Waals surface area contributed by atoms with E-state index in [0.29, 0.717) is 13.0 Å². The average Bonchev–Trinajstić information content (AvgIpc) is 2.15. The molecule has 1 aliphatic rings. The quantitative estimate of drug-likeness (QED) is 0.683. The fourth-order valence-corrected chi connectivity index (χ4v) is 2.49. The van der Waals surface area contributed by atoms with E-state index in [9.17, 15) is 4.79 Å². The van der Waals surface area contributed by atoms with Crippen LogP contribution in [0.15, 0.2) is 0 Å². The number of thioether (sulfide) groups is 1. The lowest BCUT2D eigenvalue weighted by molar-refractivity contribution is -0.122. The molecule has 1 atom stereocenters. The van der Waals surface area contributed by atoms with Crippen LogP contribution in [0.4, 0.5) is 0 Å². The van der Waals surface area contributed by atoms with Crippen LogP contribution in [0.3, 0.4) is 0 Å². The van der Waals surface area contributed by atoms with E-state index in [2.05, 4.69) is 6.07 Å². The van der Waals surface area contributed by atoms with Gasteiger partial charge in [-0.15, -0.1) is 0 Å². The highest BCUT2D eigenvalue weighted by Gasteiger charge is 2.26. The van der Waals surface area contributed by atoms with Gasteiger partial charge in [0.2, 0.25) is 5.91 Å². The molecule has 0 aromatic rings. The zero-order chi connectivity index (χ0) is 9.68. The molecule has 1 rings (SSSR count). The highest BCUT2D eigenvalue weighted by Crippen LogP contribution is 2.16. The third-order valence-corrected chi connectivity index (χ3v) is 3.10. The fraction of sp³-hybridized carbons (Fsp3) is 0.750. The zero-order valence-electron chi connectivity index (χ0n) is 7.40. The predicted octanol–water partition coefficient (Wildman–Crippen LogP) is -0.197. The number of carbonyl (C=O) groups excluding carboxylic acids is 1. The molecule has 0 saturated carbocycles. The Morgan fingerprint density at radius 1 is 1.77 bits per heavy atom. The summed E-state index contributed by atoms with van der Waals surface area (Å²) in [6, 6.07) is 1.90. The van der Waals surface area contributed by atoms with Gasteiger partial charge in [-0.05, 0) is 0 Å². The Morgan fingerprint density at radius 2 is 2.54 bits per heavy atom. The van der Waals surface area contributed by atoms with Crippen LogP contribution in [-0.4, -0.2) is 41.4 Å². The van der Waals surface area contributed by atoms with Gasteiger partial charge in [0.15, 0.2) is 0 Å². The summed E-state index contributed by atoms with van der Waals surface area (Å²) in [6.45, 7) is 1.52. The second-order valence-electron chi connectivity index (χ2n) is 2.94. The van der Waals surface area contributed by atoms with Crippen molar-refractivity contribution in [1.29, 1.82) is 5.26 Å². The molecule has 0 bridgehead atoms. The molecule has 0 aromatic heterocycles. The molecule has 0 spiro atoms. The zero-order valence-corrected chi connectivity index (χ0v) is 8.22. The van der Waals surface area contributed by atoms with Gasteiger partial charge in [-0.25, -0.2) is 0 Å². The Labute approximate surface area is 82.1 Å². The summed E-state index contributed by atoms with van der Waals surface area (Å²) < 4.78 is 0. The molecule has 5 heteroatoms. The molecule has 1 heterocycles. The highest BCUT2D eigenvalue weighted by molar-refractivity contribution is 7.99. The molecular formula is C8H13N3OS. The molecule has 1 amide bonds. The van der Waals surface area contributed by atoms with Crippen molar-refractivity contribution in [2.45, 2.75) is 12.5 Å². The van der Waals surface area contributed by atoms with Gasteiger partial charge in [-0.2, -0.15) is 17.0 Å². The highest BCUT2D eigenvalue weighted by atomic mass is 32.2. The van der Waals surface area contributed by atoms with Crippen LogP contribution in [0, 0.1) is 11.3 Å². The molecule has 1 aliphatic heterocycles. The van der Waals surface area contributed by atoms with E-state index in [0.717, 1.165) is 18.1 Å². The smallest absolute Gasteiger partial charge is 0.235 e. The molecule has 0 radical (unpaired) electrons. The monoisotopic (exact) mass is 199 g/mol.